The SMILES string of the molecule is c1ccc2c(c1)c1ccccc1n2-c1ccc2c(c1)Cc1cc(-n3c4ccccc4c4ccccc43)ccc1C2. The average Bonchev–Trinajstić information content (AvgIpc) is 3.53. The first-order valence-corrected chi connectivity index (χ1v) is 14.0. The fourth-order valence-electron chi connectivity index (χ4n) is 6.99. The van der Waals surface area contributed by atoms with Crippen LogP contribution in [-0.2, 0) is 12.8 Å². The van der Waals surface area contributed by atoms with Crippen molar-refractivity contribution < 1.29 is 0 Å². The minimum Gasteiger partial charge on any atom is -0.309 e. The Morgan fingerprint density at radius 1 is 0.325 bits per heavy atom. The average molecular weight is 511 g/mol. The largest absolute Gasteiger partial charge is 0.309 e. The second kappa shape index (κ2) is 8.21. The molecule has 0 fully saturated rings. The summed E-state index contributed by atoms with van der Waals surface area (Å²) in [5.41, 5.74) is 13.2. The number of hydrogen-bond donors (Lipinski definition) is 0. The molecule has 0 unspecified atom stereocenters. The van der Waals surface area contributed by atoms with Crippen LogP contribution >= 0.6 is 0 Å². The van der Waals surface area contributed by atoms with Crippen LogP contribution < -0.4 is 0 Å². The smallest absolute Gasteiger partial charge is 0.0541 e. The van der Waals surface area contributed by atoms with E-state index in [1.807, 2.05) is 0 Å². The summed E-state index contributed by atoms with van der Waals surface area (Å²) >= 11 is 0. The minimum absolute atomic E-state index is 0.945. The third-order valence-corrected chi connectivity index (χ3v) is 8.82. The maximum atomic E-state index is 2.43. The highest BCUT2D eigenvalue weighted by Gasteiger charge is 2.20. The summed E-state index contributed by atoms with van der Waals surface area (Å²) in [7, 11) is 0. The Morgan fingerprint density at radius 2 is 0.650 bits per heavy atom. The maximum Gasteiger partial charge on any atom is 0.0541 e. The highest BCUT2D eigenvalue weighted by Crippen LogP contribution is 2.36. The molecule has 2 heterocycles. The molecule has 2 heteroatoms. The molecule has 2 aromatic heterocycles. The van der Waals surface area contributed by atoms with Crippen LogP contribution in [0.15, 0.2) is 133 Å². The van der Waals surface area contributed by atoms with Crippen molar-refractivity contribution in [2.24, 2.45) is 0 Å². The van der Waals surface area contributed by atoms with Crippen LogP contribution in [0.2, 0.25) is 0 Å². The summed E-state index contributed by atoms with van der Waals surface area (Å²) in [4.78, 5) is 0. The van der Waals surface area contributed by atoms with Crippen LogP contribution in [0.4, 0.5) is 0 Å². The molecule has 0 spiro atoms. The monoisotopic (exact) mass is 510 g/mol. The fourth-order valence-corrected chi connectivity index (χ4v) is 6.99. The van der Waals surface area contributed by atoms with Crippen LogP contribution in [0, 0.1) is 0 Å². The van der Waals surface area contributed by atoms with Gasteiger partial charge in [0.05, 0.1) is 22.1 Å². The van der Waals surface area contributed by atoms with Crippen LogP contribution in [0.3, 0.4) is 0 Å². The van der Waals surface area contributed by atoms with Gasteiger partial charge in [-0.05, 0) is 83.6 Å². The van der Waals surface area contributed by atoms with Crippen molar-refractivity contribution in [3.63, 3.8) is 0 Å². The van der Waals surface area contributed by atoms with Crippen molar-refractivity contribution >= 4 is 43.6 Å². The number of hydrogen-bond acceptors (Lipinski definition) is 0. The molecule has 188 valence electrons. The van der Waals surface area contributed by atoms with Gasteiger partial charge in [0.2, 0.25) is 0 Å². The number of fused-ring (bicyclic) bond motifs is 8. The topological polar surface area (TPSA) is 9.86 Å². The van der Waals surface area contributed by atoms with Gasteiger partial charge in [0.25, 0.3) is 0 Å². The van der Waals surface area contributed by atoms with Crippen molar-refractivity contribution in [3.05, 3.63) is 156 Å². The van der Waals surface area contributed by atoms with E-state index in [0.717, 1.165) is 12.8 Å². The summed E-state index contributed by atoms with van der Waals surface area (Å²) in [5.74, 6) is 0. The second-order valence-electron chi connectivity index (χ2n) is 11.0. The summed E-state index contributed by atoms with van der Waals surface area (Å²) < 4.78 is 4.85. The normalized spacial score (nSPS) is 12.8. The number of aromatic nitrogens is 2. The zero-order valence-electron chi connectivity index (χ0n) is 22.0. The molecule has 0 amide bonds. The Hall–Kier alpha value is -5.08. The first kappa shape index (κ1) is 21.8. The van der Waals surface area contributed by atoms with Gasteiger partial charge in [0, 0.05) is 32.9 Å². The van der Waals surface area contributed by atoms with Crippen molar-refractivity contribution in [1.29, 1.82) is 0 Å². The lowest BCUT2D eigenvalue weighted by Gasteiger charge is -2.22. The van der Waals surface area contributed by atoms with E-state index in [4.69, 9.17) is 0 Å². The Bertz CT molecular complexity index is 2010. The third-order valence-electron chi connectivity index (χ3n) is 8.82. The van der Waals surface area contributed by atoms with Gasteiger partial charge in [-0.2, -0.15) is 0 Å². The van der Waals surface area contributed by atoms with E-state index in [1.54, 1.807) is 0 Å². The Labute approximate surface area is 232 Å². The van der Waals surface area contributed by atoms with Crippen LogP contribution in [-0.4, -0.2) is 9.13 Å². The molecule has 8 aromatic rings. The van der Waals surface area contributed by atoms with Gasteiger partial charge in [-0.3, -0.25) is 0 Å². The lowest BCUT2D eigenvalue weighted by molar-refractivity contribution is 0.985. The Morgan fingerprint density at radius 3 is 1.02 bits per heavy atom. The Kier molecular flexibility index (Phi) is 4.48. The predicted molar refractivity (Wildman–Crippen MR) is 167 cm³/mol. The van der Waals surface area contributed by atoms with Crippen molar-refractivity contribution in [1.82, 2.24) is 9.13 Å². The molecule has 0 saturated carbocycles. The van der Waals surface area contributed by atoms with Gasteiger partial charge >= 0.3 is 0 Å². The zero-order chi connectivity index (χ0) is 26.2. The van der Waals surface area contributed by atoms with Crippen molar-refractivity contribution in [3.8, 4) is 11.4 Å². The predicted octanol–water partition coefficient (Wildman–Crippen LogP) is 9.38. The van der Waals surface area contributed by atoms with Crippen LogP contribution in [0.1, 0.15) is 22.3 Å². The lowest BCUT2D eigenvalue weighted by Crippen LogP contribution is -2.09. The van der Waals surface area contributed by atoms with Crippen molar-refractivity contribution in [2.75, 3.05) is 0 Å². The van der Waals surface area contributed by atoms with Crippen molar-refractivity contribution in [2.45, 2.75) is 12.8 Å². The summed E-state index contributed by atoms with van der Waals surface area (Å²) in [5, 5.41) is 5.21. The number of rotatable bonds is 2. The number of para-hydroxylation sites is 4. The number of nitrogens with zero attached hydrogens (tertiary/aromatic N) is 2. The molecular formula is C38H26N2. The van der Waals surface area contributed by atoms with E-state index in [1.165, 1.54) is 77.2 Å². The summed E-state index contributed by atoms with van der Waals surface area (Å²) in [6.07, 6.45) is 1.92. The van der Waals surface area contributed by atoms with E-state index in [-0.39, 0.29) is 0 Å². The van der Waals surface area contributed by atoms with Gasteiger partial charge < -0.3 is 9.13 Å². The summed E-state index contributed by atoms with van der Waals surface area (Å²) in [6, 6.07) is 49.1. The Balaban J connectivity index is 1.18. The highest BCUT2D eigenvalue weighted by atomic mass is 15.0. The first-order valence-electron chi connectivity index (χ1n) is 14.0. The molecular weight excluding hydrogens is 484 g/mol. The van der Waals surface area contributed by atoms with Gasteiger partial charge in [-0.1, -0.05) is 84.9 Å². The third kappa shape index (κ3) is 3.05. The molecule has 0 N–H and O–H groups in total. The second-order valence-corrected chi connectivity index (χ2v) is 11.0. The maximum absolute atomic E-state index is 2.43. The van der Waals surface area contributed by atoms with Crippen LogP contribution in [0.5, 0.6) is 0 Å². The van der Waals surface area contributed by atoms with E-state index in [0.29, 0.717) is 0 Å². The standard InChI is InChI=1S/C38H26N2/c1-5-13-35-31(9-1)32-10-2-6-14-36(32)39(35)29-19-17-25-21-26-18-20-30(24-28(26)22-27(25)23-29)40-37-15-7-3-11-33(37)34-12-4-8-16-38(34)40/h1-20,23-24H,21-22H2. The molecule has 0 radical (unpaired) electrons. The highest BCUT2D eigenvalue weighted by molar-refractivity contribution is 6.10. The van der Waals surface area contributed by atoms with Gasteiger partial charge in [0.15, 0.2) is 0 Å². The van der Waals surface area contributed by atoms with Crippen LogP contribution in [0.25, 0.3) is 55.0 Å². The zero-order valence-corrected chi connectivity index (χ0v) is 22.0. The van der Waals surface area contributed by atoms with Gasteiger partial charge in [-0.15, -0.1) is 0 Å². The molecule has 0 aliphatic heterocycles. The fraction of sp³-hybridized carbons (Fsp3) is 0.0526. The molecule has 6 aromatic carbocycles. The summed E-state index contributed by atoms with van der Waals surface area (Å²) in [6.45, 7) is 0. The molecule has 0 bridgehead atoms. The van der Waals surface area contributed by atoms with E-state index in [2.05, 4.69) is 143 Å². The van der Waals surface area contributed by atoms with Gasteiger partial charge in [-0.25, -0.2) is 0 Å². The molecule has 40 heavy (non-hydrogen) atoms. The quantitative estimate of drug-likeness (QED) is 0.219. The molecule has 0 atom stereocenters. The van der Waals surface area contributed by atoms with E-state index in [9.17, 15) is 0 Å². The lowest BCUT2D eigenvalue weighted by atomic mass is 9.85. The van der Waals surface area contributed by atoms with E-state index >= 15 is 0 Å². The molecule has 2 nitrogen and oxygen atoms in total. The molecule has 1 aliphatic rings. The molecule has 9 rings (SSSR count). The first-order chi connectivity index (χ1) is 19.8. The number of benzene rings is 6. The molecule has 1 aliphatic carbocycles. The van der Waals surface area contributed by atoms with Gasteiger partial charge in [0.1, 0.15) is 0 Å². The van der Waals surface area contributed by atoms with E-state index < -0.39 is 0 Å². The molecule has 0 saturated heterocycles. The minimum atomic E-state index is 0.945.